The fourth-order valence-electron chi connectivity index (χ4n) is 3.67. The van der Waals surface area contributed by atoms with Gasteiger partial charge in [0, 0.05) is 24.9 Å². The Labute approximate surface area is 152 Å². The minimum Gasteiger partial charge on any atom is -0.337 e. The Morgan fingerprint density at radius 1 is 1.12 bits per heavy atom. The van der Waals surface area contributed by atoms with E-state index in [-0.39, 0.29) is 17.3 Å². The Hall–Kier alpha value is -2.44. The fourth-order valence-corrected chi connectivity index (χ4v) is 3.67. The molecule has 138 valence electrons. The third-order valence-electron chi connectivity index (χ3n) is 5.49. The highest BCUT2D eigenvalue weighted by atomic mass is 19.1. The Morgan fingerprint density at radius 2 is 1.92 bits per heavy atom. The summed E-state index contributed by atoms with van der Waals surface area (Å²) in [5.41, 5.74) is 1.04. The molecule has 1 saturated carbocycles. The Balaban J connectivity index is 1.30. The zero-order chi connectivity index (χ0) is 18.0. The van der Waals surface area contributed by atoms with Gasteiger partial charge in [0.2, 0.25) is 0 Å². The highest BCUT2D eigenvalue weighted by Crippen LogP contribution is 2.47. The van der Waals surface area contributed by atoms with Crippen LogP contribution in [0.15, 0.2) is 24.3 Å². The number of hydrogen-bond acceptors (Lipinski definition) is 3. The summed E-state index contributed by atoms with van der Waals surface area (Å²) in [6.07, 6.45) is 6.47. The van der Waals surface area contributed by atoms with Gasteiger partial charge < -0.3 is 15.2 Å². The number of amides is 2. The van der Waals surface area contributed by atoms with Gasteiger partial charge in [0.15, 0.2) is 5.82 Å². The zero-order valence-corrected chi connectivity index (χ0v) is 14.8. The summed E-state index contributed by atoms with van der Waals surface area (Å²) in [4.78, 5) is 12.2. The van der Waals surface area contributed by atoms with Crippen molar-refractivity contribution < 1.29 is 9.18 Å². The first-order valence-electron chi connectivity index (χ1n) is 9.35. The van der Waals surface area contributed by atoms with Crippen molar-refractivity contribution in [3.8, 4) is 0 Å². The molecule has 26 heavy (non-hydrogen) atoms. The van der Waals surface area contributed by atoms with Crippen LogP contribution in [0.5, 0.6) is 0 Å². The predicted molar refractivity (Wildman–Crippen MR) is 95.1 cm³/mol. The number of urea groups is 1. The van der Waals surface area contributed by atoms with Gasteiger partial charge in [0.05, 0.1) is 6.54 Å². The lowest BCUT2D eigenvalue weighted by Crippen LogP contribution is -2.40. The van der Waals surface area contributed by atoms with Crippen molar-refractivity contribution in [2.45, 2.75) is 57.0 Å². The molecule has 2 heterocycles. The number of rotatable bonds is 5. The number of nitrogens with one attached hydrogen (secondary N) is 2. The van der Waals surface area contributed by atoms with Crippen LogP contribution in [-0.2, 0) is 24.9 Å². The average Bonchev–Trinajstić information content (AvgIpc) is 3.40. The van der Waals surface area contributed by atoms with Crippen molar-refractivity contribution in [3.05, 3.63) is 47.3 Å². The van der Waals surface area contributed by atoms with Crippen LogP contribution in [0, 0.1) is 5.82 Å². The summed E-state index contributed by atoms with van der Waals surface area (Å²) in [5.74, 6) is 1.60. The second-order valence-electron chi connectivity index (χ2n) is 7.32. The van der Waals surface area contributed by atoms with Crippen LogP contribution >= 0.6 is 0 Å². The summed E-state index contributed by atoms with van der Waals surface area (Å²) in [6.45, 7) is 1.86. The monoisotopic (exact) mass is 357 g/mol. The maximum atomic E-state index is 13.1. The fraction of sp³-hybridized carbons (Fsp3) is 0.526. The van der Waals surface area contributed by atoms with E-state index in [9.17, 15) is 9.18 Å². The number of nitrogens with zero attached hydrogens (tertiary/aromatic N) is 3. The van der Waals surface area contributed by atoms with Crippen molar-refractivity contribution in [1.29, 1.82) is 0 Å². The zero-order valence-electron chi connectivity index (χ0n) is 14.8. The number of aryl methyl sites for hydroxylation is 1. The summed E-state index contributed by atoms with van der Waals surface area (Å²) >= 11 is 0. The third-order valence-corrected chi connectivity index (χ3v) is 5.49. The molecule has 1 fully saturated rings. The molecule has 2 aliphatic rings. The first kappa shape index (κ1) is 17.0. The molecule has 2 amide bonds. The molecule has 1 aromatic heterocycles. The first-order valence-corrected chi connectivity index (χ1v) is 9.35. The molecule has 0 spiro atoms. The highest BCUT2D eigenvalue weighted by Gasteiger charge is 2.44. The van der Waals surface area contributed by atoms with Gasteiger partial charge >= 0.3 is 6.03 Å². The number of fused-ring (bicyclic) bond motifs is 1. The minimum absolute atomic E-state index is 0.0447. The smallest absolute Gasteiger partial charge is 0.315 e. The first-order chi connectivity index (χ1) is 12.7. The van der Waals surface area contributed by atoms with Crippen molar-refractivity contribution in [1.82, 2.24) is 25.4 Å². The minimum atomic E-state index is -0.234. The number of aromatic nitrogens is 3. The van der Waals surface area contributed by atoms with Crippen molar-refractivity contribution in [2.75, 3.05) is 6.54 Å². The summed E-state index contributed by atoms with van der Waals surface area (Å²) in [7, 11) is 0. The molecular formula is C19H24FN5O. The molecule has 1 aliphatic carbocycles. The van der Waals surface area contributed by atoms with Crippen LogP contribution in [0.3, 0.4) is 0 Å². The van der Waals surface area contributed by atoms with E-state index < -0.39 is 0 Å². The molecule has 0 unspecified atom stereocenters. The van der Waals surface area contributed by atoms with Crippen LogP contribution in [-0.4, -0.2) is 27.3 Å². The molecule has 0 saturated heterocycles. The van der Waals surface area contributed by atoms with E-state index in [0.29, 0.717) is 13.1 Å². The van der Waals surface area contributed by atoms with Gasteiger partial charge in [-0.15, -0.1) is 10.2 Å². The molecule has 2 N–H and O–H groups in total. The molecule has 0 radical (unpaired) electrons. The van der Waals surface area contributed by atoms with E-state index in [1.807, 2.05) is 12.1 Å². The van der Waals surface area contributed by atoms with E-state index in [1.54, 1.807) is 0 Å². The predicted octanol–water partition coefficient (Wildman–Crippen LogP) is 2.67. The molecule has 6 nitrogen and oxygen atoms in total. The lowest BCUT2D eigenvalue weighted by atomic mass is 9.96. The van der Waals surface area contributed by atoms with Gasteiger partial charge in [-0.2, -0.15) is 0 Å². The molecule has 2 aromatic rings. The van der Waals surface area contributed by atoms with E-state index >= 15 is 0 Å². The number of carbonyl (C=O) groups excluding carboxylic acids is 1. The van der Waals surface area contributed by atoms with Gasteiger partial charge in [0.25, 0.3) is 0 Å². The maximum Gasteiger partial charge on any atom is 0.315 e. The van der Waals surface area contributed by atoms with Crippen LogP contribution in [0.25, 0.3) is 0 Å². The van der Waals surface area contributed by atoms with Crippen molar-refractivity contribution in [3.63, 3.8) is 0 Å². The lowest BCUT2D eigenvalue weighted by Gasteiger charge is -2.17. The Kier molecular flexibility index (Phi) is 4.61. The maximum absolute atomic E-state index is 13.1. The van der Waals surface area contributed by atoms with Crippen LogP contribution in [0.2, 0.25) is 0 Å². The average molecular weight is 357 g/mol. The summed E-state index contributed by atoms with van der Waals surface area (Å²) < 4.78 is 15.2. The van der Waals surface area contributed by atoms with E-state index in [0.717, 1.165) is 55.9 Å². The largest absolute Gasteiger partial charge is 0.337 e. The number of hydrogen-bond donors (Lipinski definition) is 2. The molecule has 7 heteroatoms. The number of carbonyl (C=O) groups is 1. The Bertz CT molecular complexity index is 782. The van der Waals surface area contributed by atoms with Gasteiger partial charge in [-0.25, -0.2) is 9.18 Å². The third kappa shape index (κ3) is 3.57. The summed E-state index contributed by atoms with van der Waals surface area (Å²) in [5, 5.41) is 14.3. The van der Waals surface area contributed by atoms with E-state index in [2.05, 4.69) is 25.4 Å². The second-order valence-corrected chi connectivity index (χ2v) is 7.32. The van der Waals surface area contributed by atoms with Gasteiger partial charge in [0.1, 0.15) is 11.6 Å². The second kappa shape index (κ2) is 7.05. The topological polar surface area (TPSA) is 71.8 Å². The molecule has 1 aromatic carbocycles. The SMILES string of the molecule is O=C(NCc1nnc2n1CCCCC2)NCC1(c2ccc(F)cc2)CC1. The van der Waals surface area contributed by atoms with E-state index in [1.165, 1.54) is 18.6 Å². The van der Waals surface area contributed by atoms with Gasteiger partial charge in [-0.05, 0) is 43.4 Å². The van der Waals surface area contributed by atoms with E-state index in [4.69, 9.17) is 0 Å². The molecule has 0 bridgehead atoms. The molecule has 1 aliphatic heterocycles. The van der Waals surface area contributed by atoms with Gasteiger partial charge in [-0.1, -0.05) is 18.6 Å². The molecule has 0 atom stereocenters. The number of benzene rings is 1. The molecular weight excluding hydrogens is 333 g/mol. The van der Waals surface area contributed by atoms with Crippen molar-refractivity contribution in [2.24, 2.45) is 0 Å². The van der Waals surface area contributed by atoms with Crippen LogP contribution < -0.4 is 10.6 Å². The van der Waals surface area contributed by atoms with Crippen LogP contribution in [0.1, 0.15) is 49.3 Å². The normalized spacial score (nSPS) is 17.9. The molecule has 4 rings (SSSR count). The Morgan fingerprint density at radius 3 is 2.69 bits per heavy atom. The number of halogens is 1. The quantitative estimate of drug-likeness (QED) is 0.864. The van der Waals surface area contributed by atoms with Crippen molar-refractivity contribution >= 4 is 6.03 Å². The summed E-state index contributed by atoms with van der Waals surface area (Å²) in [6, 6.07) is 6.38. The standard InChI is InChI=1S/C19H24FN5O/c20-15-7-5-14(6-8-15)19(9-10-19)13-22-18(26)21-12-17-24-23-16-4-2-1-3-11-25(16)17/h5-8H,1-4,9-13H2,(H2,21,22,26). The van der Waals surface area contributed by atoms with Gasteiger partial charge in [-0.3, -0.25) is 0 Å². The lowest BCUT2D eigenvalue weighted by molar-refractivity contribution is 0.239. The highest BCUT2D eigenvalue weighted by molar-refractivity contribution is 5.74. The van der Waals surface area contributed by atoms with Crippen LogP contribution in [0.4, 0.5) is 9.18 Å².